The minimum atomic E-state index is -0.764. The molecule has 12 nitrogen and oxygen atoms in total. The molecule has 0 atom stereocenters. The van der Waals surface area contributed by atoms with Gasteiger partial charge in [0.2, 0.25) is 5.75 Å². The summed E-state index contributed by atoms with van der Waals surface area (Å²) in [5.74, 6) is -0.0922. The number of ether oxygens (including phenoxy) is 2. The van der Waals surface area contributed by atoms with Crippen molar-refractivity contribution in [2.24, 2.45) is 5.10 Å². The quantitative estimate of drug-likeness (QED) is 0.223. The Bertz CT molecular complexity index is 1310. The lowest BCUT2D eigenvalue weighted by atomic mass is 10.2. The Hall–Kier alpha value is -5.00. The first-order valence-corrected chi connectivity index (χ1v) is 10.8. The molecule has 0 saturated heterocycles. The first-order valence-electron chi connectivity index (χ1n) is 10.8. The molecule has 0 aromatic heterocycles. The molecule has 0 heterocycles. The van der Waals surface area contributed by atoms with Crippen molar-refractivity contribution in [3.63, 3.8) is 0 Å². The Balaban J connectivity index is 1.70. The van der Waals surface area contributed by atoms with Crippen molar-refractivity contribution in [2.45, 2.75) is 13.8 Å². The number of carbonyl (C=O) groups is 1. The second-order valence-electron chi connectivity index (χ2n) is 7.37. The van der Waals surface area contributed by atoms with Crippen LogP contribution in [0.15, 0.2) is 65.8 Å². The molecule has 36 heavy (non-hydrogen) atoms. The SMILES string of the molecule is CCOc1cc(C=NNC(=O)CNc2ccccc2C)ccc1Oc1ccc([N+](=O)[O-])cc1[N+](=O)[O-]. The number of carbonyl (C=O) groups excluding carboxylic acids is 1. The maximum Gasteiger partial charge on any atom is 0.318 e. The second-order valence-corrected chi connectivity index (χ2v) is 7.37. The van der Waals surface area contributed by atoms with Gasteiger partial charge in [0.15, 0.2) is 11.5 Å². The molecule has 0 unspecified atom stereocenters. The van der Waals surface area contributed by atoms with E-state index in [0.29, 0.717) is 5.56 Å². The second kappa shape index (κ2) is 11.9. The Morgan fingerprint density at radius 2 is 1.75 bits per heavy atom. The zero-order valence-electron chi connectivity index (χ0n) is 19.5. The number of hydrogen-bond acceptors (Lipinski definition) is 9. The number of hydrazone groups is 1. The molecule has 0 aliphatic heterocycles. The van der Waals surface area contributed by atoms with E-state index in [9.17, 15) is 25.0 Å². The van der Waals surface area contributed by atoms with E-state index in [4.69, 9.17) is 9.47 Å². The number of nitrogens with one attached hydrogen (secondary N) is 2. The van der Waals surface area contributed by atoms with Crippen molar-refractivity contribution in [2.75, 3.05) is 18.5 Å². The molecule has 186 valence electrons. The number of nitro benzene ring substituents is 2. The molecule has 3 rings (SSSR count). The van der Waals surface area contributed by atoms with Gasteiger partial charge in [-0.3, -0.25) is 25.0 Å². The number of amides is 1. The first-order chi connectivity index (χ1) is 17.3. The normalized spacial score (nSPS) is 10.6. The Kier molecular flexibility index (Phi) is 8.49. The van der Waals surface area contributed by atoms with E-state index in [-0.39, 0.29) is 36.3 Å². The number of hydrogen-bond donors (Lipinski definition) is 2. The highest BCUT2D eigenvalue weighted by atomic mass is 16.6. The third-order valence-electron chi connectivity index (χ3n) is 4.82. The van der Waals surface area contributed by atoms with Gasteiger partial charge >= 0.3 is 5.69 Å². The zero-order valence-corrected chi connectivity index (χ0v) is 19.5. The predicted molar refractivity (Wildman–Crippen MR) is 133 cm³/mol. The van der Waals surface area contributed by atoms with Gasteiger partial charge in [0.1, 0.15) is 0 Å². The molecule has 1 amide bonds. The van der Waals surface area contributed by atoms with Crippen LogP contribution in [0.1, 0.15) is 18.1 Å². The summed E-state index contributed by atoms with van der Waals surface area (Å²) in [5.41, 5.74) is 3.87. The third-order valence-corrected chi connectivity index (χ3v) is 4.82. The number of benzene rings is 3. The van der Waals surface area contributed by atoms with E-state index >= 15 is 0 Å². The van der Waals surface area contributed by atoms with Crippen molar-refractivity contribution in [1.29, 1.82) is 0 Å². The van der Waals surface area contributed by atoms with Crippen molar-refractivity contribution < 1.29 is 24.1 Å². The average Bonchev–Trinajstić information content (AvgIpc) is 2.85. The van der Waals surface area contributed by atoms with E-state index in [1.807, 2.05) is 31.2 Å². The molecular weight excluding hydrogens is 470 g/mol. The highest BCUT2D eigenvalue weighted by molar-refractivity contribution is 5.85. The summed E-state index contributed by atoms with van der Waals surface area (Å²) in [6.07, 6.45) is 1.41. The largest absolute Gasteiger partial charge is 0.490 e. The van der Waals surface area contributed by atoms with Crippen LogP contribution in [-0.2, 0) is 4.79 Å². The molecule has 12 heteroatoms. The van der Waals surface area contributed by atoms with Gasteiger partial charge in [-0.1, -0.05) is 18.2 Å². The minimum absolute atomic E-state index is 0.0349. The number of rotatable bonds is 11. The number of anilines is 1. The molecular formula is C24H23N5O7. The van der Waals surface area contributed by atoms with Crippen LogP contribution in [0.3, 0.4) is 0 Å². The molecule has 0 aliphatic rings. The van der Waals surface area contributed by atoms with Crippen molar-refractivity contribution in [3.8, 4) is 17.2 Å². The van der Waals surface area contributed by atoms with Gasteiger partial charge in [0, 0.05) is 11.8 Å². The molecule has 2 N–H and O–H groups in total. The molecule has 0 bridgehead atoms. The third kappa shape index (κ3) is 6.76. The average molecular weight is 493 g/mol. The van der Waals surface area contributed by atoms with Crippen molar-refractivity contribution in [3.05, 3.63) is 92.0 Å². The van der Waals surface area contributed by atoms with Gasteiger partial charge < -0.3 is 14.8 Å². The van der Waals surface area contributed by atoms with E-state index < -0.39 is 21.2 Å². The molecule has 3 aromatic carbocycles. The fourth-order valence-corrected chi connectivity index (χ4v) is 3.09. The molecule has 0 fully saturated rings. The maximum absolute atomic E-state index is 12.1. The summed E-state index contributed by atoms with van der Waals surface area (Å²) in [6.45, 7) is 4.00. The fraction of sp³-hybridized carbons (Fsp3) is 0.167. The lowest BCUT2D eigenvalue weighted by Crippen LogP contribution is -2.26. The number of nitrogens with zero attached hydrogens (tertiary/aromatic N) is 3. The van der Waals surface area contributed by atoms with Gasteiger partial charge in [0.25, 0.3) is 11.6 Å². The number of non-ortho nitro benzene ring substituents is 1. The van der Waals surface area contributed by atoms with E-state index in [1.165, 1.54) is 12.3 Å². The van der Waals surface area contributed by atoms with Gasteiger partial charge in [-0.2, -0.15) is 5.10 Å². The van der Waals surface area contributed by atoms with Crippen LogP contribution in [0, 0.1) is 27.2 Å². The highest BCUT2D eigenvalue weighted by Crippen LogP contribution is 2.38. The zero-order chi connectivity index (χ0) is 26.1. The minimum Gasteiger partial charge on any atom is -0.490 e. The fourth-order valence-electron chi connectivity index (χ4n) is 3.09. The van der Waals surface area contributed by atoms with Crippen LogP contribution in [0.5, 0.6) is 17.2 Å². The van der Waals surface area contributed by atoms with Gasteiger partial charge in [0.05, 0.1) is 35.3 Å². The van der Waals surface area contributed by atoms with Crippen LogP contribution in [0.2, 0.25) is 0 Å². The van der Waals surface area contributed by atoms with Crippen LogP contribution < -0.4 is 20.2 Å². The summed E-state index contributed by atoms with van der Waals surface area (Å²) in [7, 11) is 0. The van der Waals surface area contributed by atoms with Crippen LogP contribution >= 0.6 is 0 Å². The summed E-state index contributed by atoms with van der Waals surface area (Å²) in [4.78, 5) is 32.9. The molecule has 0 aliphatic carbocycles. The summed E-state index contributed by atoms with van der Waals surface area (Å²) in [6, 6.07) is 15.4. The van der Waals surface area contributed by atoms with Crippen molar-refractivity contribution >= 4 is 29.2 Å². The van der Waals surface area contributed by atoms with Crippen LogP contribution in [0.25, 0.3) is 0 Å². The highest BCUT2D eigenvalue weighted by Gasteiger charge is 2.22. The van der Waals surface area contributed by atoms with Gasteiger partial charge in [-0.25, -0.2) is 5.43 Å². The number of nitro groups is 2. The van der Waals surface area contributed by atoms with Gasteiger partial charge in [-0.15, -0.1) is 0 Å². The predicted octanol–water partition coefficient (Wildman–Crippen LogP) is 4.56. The lowest BCUT2D eigenvalue weighted by molar-refractivity contribution is -0.394. The van der Waals surface area contributed by atoms with Crippen LogP contribution in [-0.4, -0.2) is 35.1 Å². The number of para-hydroxylation sites is 1. The Morgan fingerprint density at radius 1 is 1.00 bits per heavy atom. The van der Waals surface area contributed by atoms with E-state index in [0.717, 1.165) is 29.4 Å². The monoisotopic (exact) mass is 493 g/mol. The summed E-state index contributed by atoms with van der Waals surface area (Å²) < 4.78 is 11.2. The lowest BCUT2D eigenvalue weighted by Gasteiger charge is -2.12. The molecule has 3 aromatic rings. The Labute approximate surface area is 205 Å². The molecule has 0 saturated carbocycles. The van der Waals surface area contributed by atoms with E-state index in [1.54, 1.807) is 19.1 Å². The molecule has 0 radical (unpaired) electrons. The van der Waals surface area contributed by atoms with E-state index in [2.05, 4.69) is 15.8 Å². The summed E-state index contributed by atoms with van der Waals surface area (Å²) >= 11 is 0. The summed E-state index contributed by atoms with van der Waals surface area (Å²) in [5, 5.41) is 29.3. The first kappa shape index (κ1) is 25.6. The maximum atomic E-state index is 12.1. The Morgan fingerprint density at radius 3 is 2.44 bits per heavy atom. The smallest absolute Gasteiger partial charge is 0.318 e. The standard InChI is InChI=1S/C24H23N5O7/c1-3-35-23-12-17(14-26-27-24(30)15-25-19-7-5-4-6-16(19)2)8-10-22(23)36-21-11-9-18(28(31)32)13-20(21)29(33)34/h4-14,25H,3,15H2,1-2H3,(H,27,30). The molecule has 0 spiro atoms. The topological polar surface area (TPSA) is 158 Å². The van der Waals surface area contributed by atoms with Crippen LogP contribution in [0.4, 0.5) is 17.1 Å². The number of aryl methyl sites for hydroxylation is 1. The van der Waals surface area contributed by atoms with Gasteiger partial charge in [-0.05, 0) is 55.3 Å². The van der Waals surface area contributed by atoms with Crippen molar-refractivity contribution in [1.82, 2.24) is 5.43 Å².